The molecule has 22 heavy (non-hydrogen) atoms. The van der Waals surface area contributed by atoms with Gasteiger partial charge in [-0.25, -0.2) is 9.18 Å². The number of benzene rings is 1. The van der Waals surface area contributed by atoms with Gasteiger partial charge in [0.15, 0.2) is 0 Å². The first-order valence-corrected chi connectivity index (χ1v) is 8.04. The van der Waals surface area contributed by atoms with Crippen LogP contribution in [0.1, 0.15) is 32.3 Å². The number of halogens is 1. The molecule has 0 aliphatic carbocycles. The number of carbonyl (C=O) groups excluding carboxylic acids is 1. The van der Waals surface area contributed by atoms with E-state index in [9.17, 15) is 9.18 Å². The number of amides is 2. The third-order valence-electron chi connectivity index (χ3n) is 4.05. The van der Waals surface area contributed by atoms with E-state index in [4.69, 9.17) is 0 Å². The van der Waals surface area contributed by atoms with Gasteiger partial charge in [0.25, 0.3) is 0 Å². The Labute approximate surface area is 132 Å². The Kier molecular flexibility index (Phi) is 6.19. The molecule has 2 rings (SSSR count). The molecule has 2 atom stereocenters. The number of carbonyl (C=O) groups is 1. The lowest BCUT2D eigenvalue weighted by Gasteiger charge is -2.32. The van der Waals surface area contributed by atoms with Crippen LogP contribution in [0.4, 0.5) is 9.18 Å². The number of piperidine rings is 1. The molecule has 1 aromatic carbocycles. The summed E-state index contributed by atoms with van der Waals surface area (Å²) in [5, 5.41) is 5.63. The summed E-state index contributed by atoms with van der Waals surface area (Å²) in [7, 11) is 0. The first-order chi connectivity index (χ1) is 10.5. The second-order valence-electron chi connectivity index (χ2n) is 6.33. The largest absolute Gasteiger partial charge is 0.334 e. The van der Waals surface area contributed by atoms with Crippen LogP contribution in [0, 0.1) is 11.7 Å². The van der Waals surface area contributed by atoms with E-state index in [0.29, 0.717) is 5.56 Å². The summed E-state index contributed by atoms with van der Waals surface area (Å²) in [5.41, 5.74) is 0.496. The molecule has 1 heterocycles. The van der Waals surface area contributed by atoms with E-state index in [1.54, 1.807) is 18.2 Å². The molecule has 0 bridgehead atoms. The molecule has 122 valence electrons. The zero-order valence-electron chi connectivity index (χ0n) is 13.4. The fourth-order valence-electron chi connectivity index (χ4n) is 2.98. The van der Waals surface area contributed by atoms with E-state index in [1.807, 2.05) is 6.92 Å². The fourth-order valence-corrected chi connectivity index (χ4v) is 2.98. The molecule has 1 aromatic rings. The summed E-state index contributed by atoms with van der Waals surface area (Å²) in [6, 6.07) is 6.30. The molecule has 1 aliphatic rings. The van der Waals surface area contributed by atoms with E-state index >= 15 is 0 Å². The summed E-state index contributed by atoms with van der Waals surface area (Å²) in [6.07, 6.45) is 2.52. The lowest BCUT2D eigenvalue weighted by Crippen LogP contribution is -2.47. The first-order valence-electron chi connectivity index (χ1n) is 8.04. The zero-order valence-corrected chi connectivity index (χ0v) is 13.4. The minimum atomic E-state index is -0.293. The summed E-state index contributed by atoms with van der Waals surface area (Å²) < 4.78 is 13.5. The molecule has 1 fully saturated rings. The molecular formula is C17H26FN3O. The minimum Gasteiger partial charge on any atom is -0.334 e. The standard InChI is InChI=1S/C17H26FN3O/c1-13-6-5-9-21(11-13)12-14(2)20-17(22)19-10-15-7-3-4-8-16(15)18/h3-4,7-8,13-14H,5-6,9-12H2,1-2H3,(H2,19,20,22)/t13-,14+/m0/s1. The number of urea groups is 1. The van der Waals surface area contributed by atoms with Gasteiger partial charge in [-0.3, -0.25) is 0 Å². The van der Waals surface area contributed by atoms with Crippen molar-refractivity contribution in [2.75, 3.05) is 19.6 Å². The van der Waals surface area contributed by atoms with Crippen LogP contribution < -0.4 is 10.6 Å². The van der Waals surface area contributed by atoms with Crippen molar-refractivity contribution in [2.24, 2.45) is 5.92 Å². The van der Waals surface area contributed by atoms with Crippen LogP contribution in [0.2, 0.25) is 0 Å². The highest BCUT2D eigenvalue weighted by Crippen LogP contribution is 2.15. The second-order valence-corrected chi connectivity index (χ2v) is 6.33. The SMILES string of the molecule is C[C@H]1CCCN(C[C@@H](C)NC(=O)NCc2ccccc2F)C1. The van der Waals surface area contributed by atoms with Gasteiger partial charge in [0.1, 0.15) is 5.82 Å². The van der Waals surface area contributed by atoms with Crippen molar-refractivity contribution in [1.82, 2.24) is 15.5 Å². The van der Waals surface area contributed by atoms with E-state index in [-0.39, 0.29) is 24.4 Å². The van der Waals surface area contributed by atoms with Crippen LogP contribution in [0.25, 0.3) is 0 Å². The van der Waals surface area contributed by atoms with E-state index in [0.717, 1.165) is 25.6 Å². The fraction of sp³-hybridized carbons (Fsp3) is 0.588. The average molecular weight is 307 g/mol. The van der Waals surface area contributed by atoms with E-state index in [1.165, 1.54) is 18.9 Å². The van der Waals surface area contributed by atoms with Gasteiger partial charge in [-0.15, -0.1) is 0 Å². The number of rotatable bonds is 5. The Morgan fingerprint density at radius 2 is 2.23 bits per heavy atom. The number of hydrogen-bond donors (Lipinski definition) is 2. The topological polar surface area (TPSA) is 44.4 Å². The van der Waals surface area contributed by atoms with Crippen molar-refractivity contribution < 1.29 is 9.18 Å². The maximum Gasteiger partial charge on any atom is 0.315 e. The molecule has 0 spiro atoms. The summed E-state index contributed by atoms with van der Waals surface area (Å²) in [6.45, 7) is 7.53. The molecule has 5 heteroatoms. The third kappa shape index (κ3) is 5.30. The van der Waals surface area contributed by atoms with Gasteiger partial charge >= 0.3 is 6.03 Å². The molecule has 0 radical (unpaired) electrons. The average Bonchev–Trinajstić information content (AvgIpc) is 2.46. The predicted molar refractivity (Wildman–Crippen MR) is 86.1 cm³/mol. The molecule has 0 unspecified atom stereocenters. The van der Waals surface area contributed by atoms with Gasteiger partial charge in [-0.1, -0.05) is 25.1 Å². The molecule has 0 aromatic heterocycles. The van der Waals surface area contributed by atoms with Crippen LogP contribution in [0.3, 0.4) is 0 Å². The zero-order chi connectivity index (χ0) is 15.9. The smallest absolute Gasteiger partial charge is 0.315 e. The molecule has 1 aliphatic heterocycles. The van der Waals surface area contributed by atoms with Crippen LogP contribution in [0.15, 0.2) is 24.3 Å². The van der Waals surface area contributed by atoms with Crippen LogP contribution >= 0.6 is 0 Å². The van der Waals surface area contributed by atoms with Crippen LogP contribution in [-0.4, -0.2) is 36.6 Å². The maximum absolute atomic E-state index is 13.5. The highest BCUT2D eigenvalue weighted by atomic mass is 19.1. The van der Waals surface area contributed by atoms with Crippen molar-refractivity contribution in [3.63, 3.8) is 0 Å². The molecule has 0 saturated carbocycles. The number of likely N-dealkylation sites (tertiary alicyclic amines) is 1. The second kappa shape index (κ2) is 8.13. The third-order valence-corrected chi connectivity index (χ3v) is 4.05. The van der Waals surface area contributed by atoms with Gasteiger partial charge in [-0.05, 0) is 38.3 Å². The summed E-state index contributed by atoms with van der Waals surface area (Å²) >= 11 is 0. The molecule has 2 amide bonds. The highest BCUT2D eigenvalue weighted by molar-refractivity contribution is 5.74. The number of nitrogens with zero attached hydrogens (tertiary/aromatic N) is 1. The van der Waals surface area contributed by atoms with Crippen molar-refractivity contribution in [3.05, 3.63) is 35.6 Å². The van der Waals surface area contributed by atoms with Gasteiger partial charge in [-0.2, -0.15) is 0 Å². The van der Waals surface area contributed by atoms with Crippen molar-refractivity contribution in [1.29, 1.82) is 0 Å². The number of hydrogen-bond acceptors (Lipinski definition) is 2. The van der Waals surface area contributed by atoms with Gasteiger partial charge in [0.2, 0.25) is 0 Å². The highest BCUT2D eigenvalue weighted by Gasteiger charge is 2.18. The van der Waals surface area contributed by atoms with Gasteiger partial charge in [0.05, 0.1) is 0 Å². The predicted octanol–water partition coefficient (Wildman–Crippen LogP) is 2.75. The van der Waals surface area contributed by atoms with E-state index in [2.05, 4.69) is 22.5 Å². The Bertz CT molecular complexity index is 495. The summed E-state index contributed by atoms with van der Waals surface area (Å²) in [5.74, 6) is 0.439. The molecule has 2 N–H and O–H groups in total. The monoisotopic (exact) mass is 307 g/mol. The van der Waals surface area contributed by atoms with Crippen LogP contribution in [-0.2, 0) is 6.54 Å². The quantitative estimate of drug-likeness (QED) is 0.878. The lowest BCUT2D eigenvalue weighted by atomic mass is 10.00. The Balaban J connectivity index is 1.71. The van der Waals surface area contributed by atoms with Crippen molar-refractivity contribution >= 4 is 6.03 Å². The minimum absolute atomic E-state index is 0.0749. The molecule has 1 saturated heterocycles. The van der Waals surface area contributed by atoms with Crippen LogP contribution in [0.5, 0.6) is 0 Å². The van der Waals surface area contributed by atoms with Crippen molar-refractivity contribution in [3.8, 4) is 0 Å². The van der Waals surface area contributed by atoms with E-state index < -0.39 is 0 Å². The normalized spacial score (nSPS) is 20.4. The van der Waals surface area contributed by atoms with Crippen molar-refractivity contribution in [2.45, 2.75) is 39.3 Å². The lowest BCUT2D eigenvalue weighted by molar-refractivity contribution is 0.169. The maximum atomic E-state index is 13.5. The Morgan fingerprint density at radius 1 is 1.45 bits per heavy atom. The van der Waals surface area contributed by atoms with Gasteiger partial charge < -0.3 is 15.5 Å². The Morgan fingerprint density at radius 3 is 2.95 bits per heavy atom. The Hall–Kier alpha value is -1.62. The molecular weight excluding hydrogens is 281 g/mol. The first kappa shape index (κ1) is 16.7. The summed E-state index contributed by atoms with van der Waals surface area (Å²) in [4.78, 5) is 14.3. The van der Waals surface area contributed by atoms with Gasteiger partial charge in [0, 0.05) is 31.2 Å². The molecule has 4 nitrogen and oxygen atoms in total. The number of nitrogens with one attached hydrogen (secondary N) is 2.